The Labute approximate surface area is 226 Å². The van der Waals surface area contributed by atoms with E-state index < -0.39 is 65.7 Å². The number of carbonyl (C=O) groups excluding carboxylic acids is 4. The third-order valence-corrected chi connectivity index (χ3v) is 7.77. The van der Waals surface area contributed by atoms with Crippen molar-refractivity contribution in [3.8, 4) is 0 Å². The van der Waals surface area contributed by atoms with Crippen LogP contribution in [0, 0.1) is 5.82 Å². The number of hydrogen-bond donors (Lipinski definition) is 2. The molecule has 2 heterocycles. The SMILES string of the molecule is CNC(=O)Nc1ccc2c(c1)CCC21OC(=O)N(CC(=O)N2[C@@H](c3ccc(F)cc3C(F)(F)F)CC[C@@H]2C)C1=O. The van der Waals surface area contributed by atoms with Gasteiger partial charge in [-0.2, -0.15) is 13.2 Å². The van der Waals surface area contributed by atoms with E-state index in [1.54, 1.807) is 25.1 Å². The van der Waals surface area contributed by atoms with E-state index in [2.05, 4.69) is 10.6 Å². The quantitative estimate of drug-likeness (QED) is 0.535. The molecule has 0 saturated carbocycles. The van der Waals surface area contributed by atoms with E-state index in [0.717, 1.165) is 12.1 Å². The average molecular weight is 563 g/mol. The number of halogens is 4. The zero-order valence-electron chi connectivity index (χ0n) is 21.6. The van der Waals surface area contributed by atoms with E-state index in [1.165, 1.54) is 11.9 Å². The fourth-order valence-electron chi connectivity index (χ4n) is 5.92. The van der Waals surface area contributed by atoms with Gasteiger partial charge in [-0.05, 0) is 61.6 Å². The van der Waals surface area contributed by atoms with Crippen LogP contribution in [0.1, 0.15) is 54.5 Å². The van der Waals surface area contributed by atoms with Crippen molar-refractivity contribution in [1.29, 1.82) is 0 Å². The van der Waals surface area contributed by atoms with Crippen LogP contribution in [0.25, 0.3) is 0 Å². The Morgan fingerprint density at radius 1 is 1.12 bits per heavy atom. The second-order valence-corrected chi connectivity index (χ2v) is 10.1. The highest BCUT2D eigenvalue weighted by Gasteiger charge is 2.58. The fraction of sp³-hybridized carbons (Fsp3) is 0.407. The summed E-state index contributed by atoms with van der Waals surface area (Å²) in [5.41, 5.74) is -1.44. The first-order chi connectivity index (χ1) is 18.9. The molecule has 5 amide bonds. The summed E-state index contributed by atoms with van der Waals surface area (Å²) in [6.45, 7) is 0.951. The van der Waals surface area contributed by atoms with Crippen molar-refractivity contribution in [3.63, 3.8) is 0 Å². The summed E-state index contributed by atoms with van der Waals surface area (Å²) in [5, 5.41) is 5.06. The Morgan fingerprint density at radius 3 is 2.58 bits per heavy atom. The average Bonchev–Trinajstić information content (AvgIpc) is 3.53. The molecule has 212 valence electrons. The number of alkyl halides is 3. The molecule has 0 aromatic heterocycles. The van der Waals surface area contributed by atoms with Gasteiger partial charge >= 0.3 is 18.3 Å². The lowest BCUT2D eigenvalue weighted by atomic mass is 9.94. The van der Waals surface area contributed by atoms with Crippen LogP contribution in [0.3, 0.4) is 0 Å². The highest BCUT2D eigenvalue weighted by Crippen LogP contribution is 2.47. The van der Waals surface area contributed by atoms with Crippen molar-refractivity contribution < 1.29 is 41.5 Å². The number of benzene rings is 2. The van der Waals surface area contributed by atoms with Gasteiger partial charge in [0, 0.05) is 30.8 Å². The third-order valence-electron chi connectivity index (χ3n) is 7.77. The second kappa shape index (κ2) is 9.79. The minimum Gasteiger partial charge on any atom is -0.427 e. The Balaban J connectivity index is 1.39. The normalized spacial score (nSPS) is 23.9. The van der Waals surface area contributed by atoms with Crippen LogP contribution in [0.5, 0.6) is 0 Å². The Hall–Kier alpha value is -4.16. The van der Waals surface area contributed by atoms with Crippen molar-refractivity contribution in [2.45, 2.75) is 56.5 Å². The van der Waals surface area contributed by atoms with Gasteiger partial charge in [-0.25, -0.2) is 18.9 Å². The summed E-state index contributed by atoms with van der Waals surface area (Å²) in [5.74, 6) is -2.51. The van der Waals surface area contributed by atoms with Crippen LogP contribution >= 0.6 is 0 Å². The Kier molecular flexibility index (Phi) is 6.71. The van der Waals surface area contributed by atoms with Gasteiger partial charge in [0.2, 0.25) is 11.5 Å². The maximum absolute atomic E-state index is 13.7. The van der Waals surface area contributed by atoms with Gasteiger partial charge in [0.15, 0.2) is 0 Å². The molecule has 9 nitrogen and oxygen atoms in total. The smallest absolute Gasteiger partial charge is 0.418 e. The molecule has 2 fully saturated rings. The van der Waals surface area contributed by atoms with Crippen LogP contribution < -0.4 is 10.6 Å². The van der Waals surface area contributed by atoms with Gasteiger partial charge in [0.1, 0.15) is 12.4 Å². The zero-order chi connectivity index (χ0) is 29.0. The van der Waals surface area contributed by atoms with Crippen molar-refractivity contribution in [2.75, 3.05) is 18.9 Å². The van der Waals surface area contributed by atoms with Gasteiger partial charge < -0.3 is 20.3 Å². The summed E-state index contributed by atoms with van der Waals surface area (Å²) in [7, 11) is 1.46. The highest BCUT2D eigenvalue weighted by molar-refractivity contribution is 6.06. The monoisotopic (exact) mass is 562 g/mol. The second-order valence-electron chi connectivity index (χ2n) is 10.1. The summed E-state index contributed by atoms with van der Waals surface area (Å²) in [6.07, 6.45) is -4.79. The van der Waals surface area contributed by atoms with Crippen molar-refractivity contribution in [1.82, 2.24) is 15.1 Å². The molecule has 0 bridgehead atoms. The van der Waals surface area contributed by atoms with Crippen LogP contribution in [0.4, 0.5) is 32.8 Å². The predicted molar refractivity (Wildman–Crippen MR) is 132 cm³/mol. The van der Waals surface area contributed by atoms with E-state index in [9.17, 15) is 36.7 Å². The van der Waals surface area contributed by atoms with Crippen LogP contribution in [-0.4, -0.2) is 53.4 Å². The lowest BCUT2D eigenvalue weighted by Gasteiger charge is -2.31. The van der Waals surface area contributed by atoms with Gasteiger partial charge in [0.05, 0.1) is 11.6 Å². The molecule has 40 heavy (non-hydrogen) atoms. The number of carbonyl (C=O) groups is 4. The number of imide groups is 1. The maximum atomic E-state index is 13.7. The predicted octanol–water partition coefficient (Wildman–Crippen LogP) is 4.47. The van der Waals surface area contributed by atoms with Gasteiger partial charge in [0.25, 0.3) is 5.91 Å². The lowest BCUT2D eigenvalue weighted by Crippen LogP contribution is -2.46. The van der Waals surface area contributed by atoms with Gasteiger partial charge in [-0.1, -0.05) is 12.1 Å². The number of amides is 5. The molecule has 1 unspecified atom stereocenters. The third kappa shape index (κ3) is 4.52. The first-order valence-electron chi connectivity index (χ1n) is 12.7. The summed E-state index contributed by atoms with van der Waals surface area (Å²) in [4.78, 5) is 53.4. The number of fused-ring (bicyclic) bond motifs is 2. The van der Waals surface area contributed by atoms with Crippen molar-refractivity contribution >= 4 is 29.6 Å². The molecule has 2 aliphatic heterocycles. The van der Waals surface area contributed by atoms with Crippen LogP contribution in [0.2, 0.25) is 0 Å². The number of ether oxygens (including phenoxy) is 1. The minimum atomic E-state index is -4.84. The molecule has 1 spiro atoms. The lowest BCUT2D eigenvalue weighted by molar-refractivity contribution is -0.144. The molecule has 2 aromatic carbocycles. The first-order valence-corrected chi connectivity index (χ1v) is 12.7. The number of likely N-dealkylation sites (tertiary alicyclic amines) is 1. The van der Waals surface area contributed by atoms with E-state index in [4.69, 9.17) is 4.74 Å². The summed E-state index contributed by atoms with van der Waals surface area (Å²) < 4.78 is 60.4. The van der Waals surface area contributed by atoms with E-state index in [0.29, 0.717) is 40.6 Å². The number of hydrogen-bond acceptors (Lipinski definition) is 5. The molecule has 13 heteroatoms. The molecule has 3 atom stereocenters. The number of aryl methyl sites for hydroxylation is 1. The molecular formula is C27H26F4N4O5. The van der Waals surface area contributed by atoms with Crippen LogP contribution in [-0.2, 0) is 32.5 Å². The maximum Gasteiger partial charge on any atom is 0.418 e. The molecule has 2 aromatic rings. The van der Waals surface area contributed by atoms with Gasteiger partial charge in [-0.3, -0.25) is 9.59 Å². The zero-order valence-corrected chi connectivity index (χ0v) is 21.6. The number of urea groups is 1. The fourth-order valence-corrected chi connectivity index (χ4v) is 5.92. The summed E-state index contributed by atoms with van der Waals surface area (Å²) in [6, 6.07) is 5.22. The topological polar surface area (TPSA) is 108 Å². The van der Waals surface area contributed by atoms with Crippen molar-refractivity contribution in [2.24, 2.45) is 0 Å². The van der Waals surface area contributed by atoms with E-state index in [-0.39, 0.29) is 18.4 Å². The van der Waals surface area contributed by atoms with Gasteiger partial charge in [-0.15, -0.1) is 0 Å². The summed E-state index contributed by atoms with van der Waals surface area (Å²) >= 11 is 0. The number of nitrogens with zero attached hydrogens (tertiary/aromatic N) is 2. The Morgan fingerprint density at radius 2 is 1.88 bits per heavy atom. The number of rotatable bonds is 4. The molecule has 0 radical (unpaired) electrons. The standard InChI is InChI=1S/C27H26F4N4O5/c1-14-3-8-21(18-6-4-16(28)12-20(18)27(29,30)31)35(14)22(36)13-34-23(37)26(40-25(34)39)10-9-15-11-17(5-7-19(15)26)33-24(38)32-2/h4-7,11-12,14,21H,3,8-10,13H2,1-2H3,(H2,32,33,38)/t14-,21+,26?/m0/s1. The van der Waals surface area contributed by atoms with E-state index in [1.807, 2.05) is 0 Å². The highest BCUT2D eigenvalue weighted by atomic mass is 19.4. The Bertz CT molecular complexity index is 1410. The van der Waals surface area contributed by atoms with E-state index >= 15 is 0 Å². The first kappa shape index (κ1) is 27.4. The molecule has 5 rings (SSSR count). The minimum absolute atomic E-state index is 0.133. The molecule has 3 aliphatic rings. The largest absolute Gasteiger partial charge is 0.427 e. The van der Waals surface area contributed by atoms with Crippen LogP contribution in [0.15, 0.2) is 36.4 Å². The number of nitrogens with one attached hydrogen (secondary N) is 2. The molecular weight excluding hydrogens is 536 g/mol. The molecule has 2 saturated heterocycles. The number of anilines is 1. The van der Waals surface area contributed by atoms with Crippen molar-refractivity contribution in [3.05, 3.63) is 64.5 Å². The molecule has 1 aliphatic carbocycles. The molecule has 2 N–H and O–H groups in total.